The van der Waals surface area contributed by atoms with Gasteiger partial charge in [0.1, 0.15) is 22.8 Å². The van der Waals surface area contributed by atoms with Gasteiger partial charge in [-0.25, -0.2) is 23.5 Å². The molecule has 3 atom stereocenters. The van der Waals surface area contributed by atoms with Crippen LogP contribution in [0.4, 0.5) is 15.1 Å². The number of carbonyl (C=O) groups is 2. The number of rotatable bonds is 9. The van der Waals surface area contributed by atoms with Crippen molar-refractivity contribution in [2.24, 2.45) is 5.92 Å². The van der Waals surface area contributed by atoms with Gasteiger partial charge in [0.25, 0.3) is 11.5 Å². The van der Waals surface area contributed by atoms with E-state index in [0.717, 1.165) is 29.3 Å². The number of benzene rings is 3. The minimum atomic E-state index is -0.840. The molecule has 10 rings (SSSR count). The van der Waals surface area contributed by atoms with Gasteiger partial charge in [-0.2, -0.15) is 0 Å². The Morgan fingerprint density at radius 3 is 2.44 bits per heavy atom. The van der Waals surface area contributed by atoms with Gasteiger partial charge >= 0.3 is 11.8 Å². The number of H-pyrrole nitrogens is 1. The van der Waals surface area contributed by atoms with Gasteiger partial charge in [0.2, 0.25) is 5.95 Å². The van der Waals surface area contributed by atoms with Crippen molar-refractivity contribution in [1.82, 2.24) is 34.1 Å². The van der Waals surface area contributed by atoms with E-state index in [-0.39, 0.29) is 54.7 Å². The van der Waals surface area contributed by atoms with Crippen molar-refractivity contribution in [3.05, 3.63) is 132 Å². The van der Waals surface area contributed by atoms with Gasteiger partial charge in [-0.1, -0.05) is 30.3 Å². The molecular weight excluding hydrogens is 808 g/mol. The number of aryl methyl sites for hydroxylation is 2. The SMILES string of the molecule is COc1cccc(CN2CCN(c3nc4c(c(=O)n3-c3cc(C)c(F)c(C)c3)CCN(C(=O)c3cc5cc(C6CCOCC6)ccc5n3[C@]3(c5noc(=O)[nH]5)C[C@@H]3C)[C@@H]4C)C2=O)c1. The first-order chi connectivity index (χ1) is 30.4. The van der Waals surface area contributed by atoms with Gasteiger partial charge in [0.05, 0.1) is 24.5 Å². The lowest BCUT2D eigenvalue weighted by atomic mass is 9.91. The van der Waals surface area contributed by atoms with Crippen LogP contribution in [-0.4, -0.2) is 86.0 Å². The third kappa shape index (κ3) is 6.64. The molecule has 16 heteroatoms. The monoisotopic (exact) mass is 856 g/mol. The maximum Gasteiger partial charge on any atom is 0.438 e. The highest BCUT2D eigenvalue weighted by molar-refractivity contribution is 6.00. The molecule has 6 heterocycles. The van der Waals surface area contributed by atoms with Crippen molar-refractivity contribution in [2.75, 3.05) is 44.9 Å². The van der Waals surface area contributed by atoms with Gasteiger partial charge in [0, 0.05) is 55.9 Å². The highest BCUT2D eigenvalue weighted by Gasteiger charge is 2.59. The summed E-state index contributed by atoms with van der Waals surface area (Å²) < 4.78 is 34.5. The van der Waals surface area contributed by atoms with E-state index in [1.807, 2.05) is 41.8 Å². The lowest BCUT2D eigenvalue weighted by molar-refractivity contribution is 0.0658. The summed E-state index contributed by atoms with van der Waals surface area (Å²) in [6.07, 6.45) is 2.62. The highest BCUT2D eigenvalue weighted by atomic mass is 19.1. The van der Waals surface area contributed by atoms with Crippen molar-refractivity contribution in [3.63, 3.8) is 0 Å². The summed E-state index contributed by atoms with van der Waals surface area (Å²) in [6.45, 7) is 9.70. The largest absolute Gasteiger partial charge is 0.497 e. The van der Waals surface area contributed by atoms with Crippen LogP contribution in [0.1, 0.15) is 94.9 Å². The molecule has 326 valence electrons. The summed E-state index contributed by atoms with van der Waals surface area (Å²) in [4.78, 5) is 69.7. The molecule has 3 amide bonds. The van der Waals surface area contributed by atoms with E-state index in [1.165, 1.54) is 15.0 Å². The van der Waals surface area contributed by atoms with E-state index in [9.17, 15) is 14.4 Å². The smallest absolute Gasteiger partial charge is 0.438 e. The first kappa shape index (κ1) is 40.5. The molecule has 63 heavy (non-hydrogen) atoms. The zero-order chi connectivity index (χ0) is 43.9. The maximum absolute atomic E-state index is 15.3. The summed E-state index contributed by atoms with van der Waals surface area (Å²) in [5, 5.41) is 5.03. The van der Waals surface area contributed by atoms with Crippen LogP contribution >= 0.6 is 0 Å². The van der Waals surface area contributed by atoms with E-state index in [0.29, 0.717) is 84.0 Å². The fraction of sp³-hybridized carbons (Fsp3) is 0.404. The highest BCUT2D eigenvalue weighted by Crippen LogP contribution is 2.56. The molecule has 1 saturated carbocycles. The van der Waals surface area contributed by atoms with Crippen LogP contribution in [-0.2, 0) is 23.2 Å². The van der Waals surface area contributed by atoms with Crippen molar-refractivity contribution < 1.29 is 28.0 Å². The summed E-state index contributed by atoms with van der Waals surface area (Å²) >= 11 is 0. The number of aromatic amines is 1. The number of methoxy groups -OCH3 is 1. The molecule has 0 unspecified atom stereocenters. The summed E-state index contributed by atoms with van der Waals surface area (Å²) in [5.74, 6) is 0.135. The van der Waals surface area contributed by atoms with Crippen LogP contribution in [0.15, 0.2) is 74.8 Å². The molecule has 2 saturated heterocycles. The molecule has 3 aliphatic heterocycles. The van der Waals surface area contributed by atoms with Crippen LogP contribution in [0.2, 0.25) is 0 Å². The Bertz CT molecular complexity index is 2920. The summed E-state index contributed by atoms with van der Waals surface area (Å²) in [7, 11) is 1.59. The number of hydrogen-bond acceptors (Lipinski definition) is 9. The fourth-order valence-corrected chi connectivity index (χ4v) is 10.2. The Morgan fingerprint density at radius 1 is 0.984 bits per heavy atom. The molecule has 4 aliphatic rings. The molecule has 15 nitrogen and oxygen atoms in total. The molecule has 3 aromatic heterocycles. The molecule has 0 bridgehead atoms. The minimum Gasteiger partial charge on any atom is -0.497 e. The number of anilines is 1. The Labute approximate surface area is 362 Å². The number of amides is 3. The molecular formula is C47H49FN8O7. The van der Waals surface area contributed by atoms with E-state index in [4.69, 9.17) is 19.0 Å². The topological polar surface area (TPSA) is 161 Å². The first-order valence-corrected chi connectivity index (χ1v) is 21.6. The number of ether oxygens (including phenoxy) is 2. The van der Waals surface area contributed by atoms with Gasteiger partial charge in [-0.3, -0.25) is 24.0 Å². The normalized spacial score (nSPS) is 21.4. The van der Waals surface area contributed by atoms with Crippen LogP contribution < -0.4 is 21.0 Å². The van der Waals surface area contributed by atoms with E-state index in [2.05, 4.69) is 35.3 Å². The number of carbonyl (C=O) groups excluding carboxylic acids is 2. The van der Waals surface area contributed by atoms with Crippen molar-refractivity contribution in [3.8, 4) is 11.4 Å². The number of nitrogens with zero attached hydrogens (tertiary/aromatic N) is 7. The second-order valence-electron chi connectivity index (χ2n) is 17.5. The molecule has 0 spiro atoms. The van der Waals surface area contributed by atoms with E-state index < -0.39 is 17.3 Å². The van der Waals surface area contributed by atoms with Crippen LogP contribution in [0.3, 0.4) is 0 Å². The number of fused-ring (bicyclic) bond motifs is 2. The van der Waals surface area contributed by atoms with E-state index in [1.54, 1.807) is 42.9 Å². The average Bonchev–Trinajstić information content (AvgIpc) is 3.58. The van der Waals surface area contributed by atoms with Crippen molar-refractivity contribution in [2.45, 2.75) is 77.4 Å². The van der Waals surface area contributed by atoms with Crippen LogP contribution in [0.25, 0.3) is 16.6 Å². The molecule has 3 aromatic carbocycles. The second-order valence-corrected chi connectivity index (χ2v) is 17.5. The molecule has 1 N–H and O–H groups in total. The van der Waals surface area contributed by atoms with Crippen molar-refractivity contribution >= 4 is 28.8 Å². The van der Waals surface area contributed by atoms with E-state index >= 15 is 9.18 Å². The first-order valence-electron chi connectivity index (χ1n) is 21.6. The zero-order valence-electron chi connectivity index (χ0n) is 35.9. The second kappa shape index (κ2) is 15.4. The van der Waals surface area contributed by atoms with Gasteiger partial charge in [-0.05, 0) is 123 Å². The minimum absolute atomic E-state index is 0.0120. The molecule has 0 radical (unpaired) electrons. The summed E-state index contributed by atoms with van der Waals surface area (Å²) in [5.41, 5.74) is 3.97. The van der Waals surface area contributed by atoms with Gasteiger partial charge < -0.3 is 23.8 Å². The number of aromatic nitrogens is 5. The lowest BCUT2D eigenvalue weighted by Crippen LogP contribution is -2.45. The van der Waals surface area contributed by atoms with Gasteiger partial charge in [-0.15, -0.1) is 0 Å². The van der Waals surface area contributed by atoms with Gasteiger partial charge in [0.15, 0.2) is 5.82 Å². The number of nitrogens with one attached hydrogen (secondary N) is 1. The lowest BCUT2D eigenvalue weighted by Gasteiger charge is -2.36. The van der Waals surface area contributed by atoms with Crippen LogP contribution in [0.5, 0.6) is 5.75 Å². The maximum atomic E-state index is 15.3. The third-order valence-electron chi connectivity index (χ3n) is 13.7. The number of halogens is 1. The Balaban J connectivity index is 1.07. The predicted octanol–water partition coefficient (Wildman–Crippen LogP) is 6.51. The Hall–Kier alpha value is -6.55. The standard InChI is InChI=1S/C47H49FN8O7/c1-26-19-34(20-27(2)39(26)48)55-41(57)36-11-14-53(29(4)40(36)49-44(55)54-16-15-52(46(54)60)25-30-7-6-8-35(21-30)61-5)42(58)38-23-33-22-32(31-12-17-62-18-13-31)9-10-37(33)56(38)47(24-28(47)3)43-50-45(59)63-51-43/h6-10,19-23,28-29,31H,11-18,24-25H2,1-5H3,(H,50,51,59)/t28-,29+,47+/m0/s1. The Morgan fingerprint density at radius 2 is 1.75 bits per heavy atom. The molecule has 3 fully saturated rings. The molecule has 1 aliphatic carbocycles. The molecule has 6 aromatic rings. The quantitative estimate of drug-likeness (QED) is 0.171. The van der Waals surface area contributed by atoms with Crippen LogP contribution in [0, 0.1) is 25.6 Å². The summed E-state index contributed by atoms with van der Waals surface area (Å²) in [6, 6.07) is 17.9. The third-order valence-corrected chi connectivity index (χ3v) is 13.7. The average molecular weight is 857 g/mol. The predicted molar refractivity (Wildman–Crippen MR) is 231 cm³/mol. The zero-order valence-corrected chi connectivity index (χ0v) is 35.9. The van der Waals surface area contributed by atoms with Crippen molar-refractivity contribution in [1.29, 1.82) is 0 Å². The number of urea groups is 1. The number of hydrogen-bond donors (Lipinski definition) is 1. The Kier molecular flexibility index (Phi) is 9.88. The fourth-order valence-electron chi connectivity index (χ4n) is 10.2.